The molecule has 108 valence electrons. The van der Waals surface area contributed by atoms with E-state index < -0.39 is 11.7 Å². The predicted octanol–water partition coefficient (Wildman–Crippen LogP) is 3.81. The second kappa shape index (κ2) is 7.17. The number of hydrogen-bond donors (Lipinski definition) is 1. The molecule has 0 bridgehead atoms. The van der Waals surface area contributed by atoms with Gasteiger partial charge in [-0.3, -0.25) is 0 Å². The number of nitrogens with zero attached hydrogens (tertiary/aromatic N) is 1. The summed E-state index contributed by atoms with van der Waals surface area (Å²) in [5, 5.41) is 2.58. The molecule has 3 nitrogen and oxygen atoms in total. The zero-order valence-corrected chi connectivity index (χ0v) is 11.6. The van der Waals surface area contributed by atoms with Crippen LogP contribution in [0.5, 0.6) is 0 Å². The van der Waals surface area contributed by atoms with Gasteiger partial charge in [-0.2, -0.15) is 13.2 Å². The van der Waals surface area contributed by atoms with Crippen molar-refractivity contribution in [2.75, 3.05) is 25.6 Å². The molecule has 8 heteroatoms. The second-order valence-corrected chi connectivity index (χ2v) is 4.84. The maximum absolute atomic E-state index is 12.4. The predicted molar refractivity (Wildman–Crippen MR) is 68.9 cm³/mol. The minimum atomic E-state index is -4.45. The van der Waals surface area contributed by atoms with E-state index in [-0.39, 0.29) is 16.2 Å². The summed E-state index contributed by atoms with van der Waals surface area (Å²) in [6, 6.07) is 0.838. The van der Waals surface area contributed by atoms with Gasteiger partial charge >= 0.3 is 6.18 Å². The summed E-state index contributed by atoms with van der Waals surface area (Å²) < 4.78 is 42.0. The first-order chi connectivity index (χ1) is 8.84. The van der Waals surface area contributed by atoms with Crippen molar-refractivity contribution in [2.45, 2.75) is 18.0 Å². The van der Waals surface area contributed by atoms with Crippen molar-refractivity contribution < 1.29 is 17.9 Å². The topological polar surface area (TPSA) is 34.1 Å². The third-order valence-corrected chi connectivity index (χ3v) is 2.90. The number of methoxy groups -OCH3 is 1. The number of hydrogen-bond acceptors (Lipinski definition) is 3. The number of pyridine rings is 1. The van der Waals surface area contributed by atoms with Crippen molar-refractivity contribution in [1.82, 2.24) is 4.98 Å². The Balaban J connectivity index is 2.56. The van der Waals surface area contributed by atoms with Gasteiger partial charge in [0.1, 0.15) is 5.82 Å². The molecule has 0 amide bonds. The molecule has 0 aromatic carbocycles. The molecule has 0 saturated heterocycles. The quantitative estimate of drug-likeness (QED) is 0.810. The third kappa shape index (κ3) is 5.42. The number of rotatable bonds is 6. The molecule has 0 aliphatic rings. The molecule has 0 saturated carbocycles. The van der Waals surface area contributed by atoms with Crippen LogP contribution in [-0.4, -0.2) is 30.6 Å². The van der Waals surface area contributed by atoms with Crippen molar-refractivity contribution in [2.24, 2.45) is 0 Å². The fraction of sp³-hybridized carbons (Fsp3) is 0.545. The Labute approximate surface area is 119 Å². The first kappa shape index (κ1) is 16.3. The molecule has 0 radical (unpaired) electrons. The average Bonchev–Trinajstić information content (AvgIpc) is 2.30. The van der Waals surface area contributed by atoms with Crippen LogP contribution in [0.1, 0.15) is 12.0 Å². The minimum absolute atomic E-state index is 0.0762. The summed E-state index contributed by atoms with van der Waals surface area (Å²) in [5.74, 6) is 0.205. The fourth-order valence-corrected chi connectivity index (χ4v) is 1.80. The Bertz CT molecular complexity index is 415. The van der Waals surface area contributed by atoms with Crippen LogP contribution in [-0.2, 0) is 10.9 Å². The van der Waals surface area contributed by atoms with Gasteiger partial charge in [-0.1, -0.05) is 11.6 Å². The molecule has 1 unspecified atom stereocenters. The maximum Gasteiger partial charge on any atom is 0.417 e. The summed E-state index contributed by atoms with van der Waals surface area (Å²) in [6.45, 7) is 0.840. The summed E-state index contributed by atoms with van der Waals surface area (Å²) in [7, 11) is 1.54. The SMILES string of the molecule is COCC(Cl)CCNc1ncc(C(F)(F)F)cc1Cl. The first-order valence-corrected chi connectivity index (χ1v) is 6.25. The van der Waals surface area contributed by atoms with Gasteiger partial charge in [0, 0.05) is 19.9 Å². The van der Waals surface area contributed by atoms with E-state index in [9.17, 15) is 13.2 Å². The van der Waals surface area contributed by atoms with Crippen LogP contribution in [0.2, 0.25) is 5.02 Å². The number of ether oxygens (including phenoxy) is 1. The van der Waals surface area contributed by atoms with E-state index in [4.69, 9.17) is 27.9 Å². The smallest absolute Gasteiger partial charge is 0.383 e. The Morgan fingerprint density at radius 3 is 2.68 bits per heavy atom. The standard InChI is InChI=1S/C11H13Cl2F3N2O/c1-19-6-8(12)2-3-17-10-9(13)4-7(5-18-10)11(14,15)16/h4-5,8H,2-3,6H2,1H3,(H,17,18). The van der Waals surface area contributed by atoms with Gasteiger partial charge in [0.2, 0.25) is 0 Å². The zero-order valence-electron chi connectivity index (χ0n) is 10.1. The summed E-state index contributed by atoms with van der Waals surface area (Å²) in [5.41, 5.74) is -0.877. The van der Waals surface area contributed by atoms with E-state index in [1.165, 1.54) is 7.11 Å². The zero-order chi connectivity index (χ0) is 14.5. The van der Waals surface area contributed by atoms with Crippen molar-refractivity contribution in [3.63, 3.8) is 0 Å². The lowest BCUT2D eigenvalue weighted by molar-refractivity contribution is -0.137. The Morgan fingerprint density at radius 2 is 2.16 bits per heavy atom. The molecular weight excluding hydrogens is 304 g/mol. The molecule has 0 spiro atoms. The maximum atomic E-state index is 12.4. The monoisotopic (exact) mass is 316 g/mol. The van der Waals surface area contributed by atoms with Crippen LogP contribution >= 0.6 is 23.2 Å². The van der Waals surface area contributed by atoms with Crippen LogP contribution < -0.4 is 5.32 Å². The number of halogens is 5. The molecule has 19 heavy (non-hydrogen) atoms. The first-order valence-electron chi connectivity index (χ1n) is 5.44. The van der Waals surface area contributed by atoms with E-state index in [1.54, 1.807) is 0 Å². The normalized spacial score (nSPS) is 13.4. The van der Waals surface area contributed by atoms with E-state index in [0.29, 0.717) is 19.6 Å². The van der Waals surface area contributed by atoms with Crippen molar-refractivity contribution in [3.8, 4) is 0 Å². The number of aromatic nitrogens is 1. The Morgan fingerprint density at radius 1 is 1.47 bits per heavy atom. The van der Waals surface area contributed by atoms with Gasteiger partial charge in [-0.05, 0) is 12.5 Å². The van der Waals surface area contributed by atoms with E-state index in [2.05, 4.69) is 10.3 Å². The highest BCUT2D eigenvalue weighted by molar-refractivity contribution is 6.33. The Kier molecular flexibility index (Phi) is 6.16. The molecule has 1 rings (SSSR count). The second-order valence-electron chi connectivity index (χ2n) is 3.82. The average molecular weight is 317 g/mol. The lowest BCUT2D eigenvalue weighted by atomic mass is 10.2. The van der Waals surface area contributed by atoms with E-state index >= 15 is 0 Å². The largest absolute Gasteiger partial charge is 0.417 e. The van der Waals surface area contributed by atoms with Crippen LogP contribution in [0.3, 0.4) is 0 Å². The molecule has 1 N–H and O–H groups in total. The van der Waals surface area contributed by atoms with Gasteiger partial charge in [0.05, 0.1) is 22.6 Å². The lowest BCUT2D eigenvalue weighted by Crippen LogP contribution is -2.14. The van der Waals surface area contributed by atoms with Crippen LogP contribution in [0.25, 0.3) is 0 Å². The van der Waals surface area contributed by atoms with Gasteiger partial charge in [0.15, 0.2) is 0 Å². The van der Waals surface area contributed by atoms with Gasteiger partial charge < -0.3 is 10.1 Å². The Hall–Kier alpha value is -0.720. The molecule has 0 fully saturated rings. The van der Waals surface area contributed by atoms with Gasteiger partial charge in [-0.25, -0.2) is 4.98 Å². The van der Waals surface area contributed by atoms with Crippen molar-refractivity contribution in [3.05, 3.63) is 22.8 Å². The molecule has 1 heterocycles. The number of anilines is 1. The van der Waals surface area contributed by atoms with Crippen LogP contribution in [0.4, 0.5) is 19.0 Å². The molecule has 1 aromatic heterocycles. The molecule has 0 aliphatic carbocycles. The molecule has 0 aliphatic heterocycles. The molecule has 1 atom stereocenters. The van der Waals surface area contributed by atoms with Gasteiger partial charge in [0.25, 0.3) is 0 Å². The molecular formula is C11H13Cl2F3N2O. The number of nitrogens with one attached hydrogen (secondary N) is 1. The summed E-state index contributed by atoms with van der Waals surface area (Å²) in [4.78, 5) is 3.65. The highest BCUT2D eigenvalue weighted by Crippen LogP contribution is 2.32. The third-order valence-electron chi connectivity index (χ3n) is 2.27. The van der Waals surface area contributed by atoms with E-state index in [0.717, 1.165) is 12.3 Å². The fourth-order valence-electron chi connectivity index (χ4n) is 1.33. The van der Waals surface area contributed by atoms with Crippen LogP contribution in [0, 0.1) is 0 Å². The van der Waals surface area contributed by atoms with Crippen molar-refractivity contribution in [1.29, 1.82) is 0 Å². The number of alkyl halides is 4. The highest BCUT2D eigenvalue weighted by Gasteiger charge is 2.31. The molecule has 1 aromatic rings. The van der Waals surface area contributed by atoms with E-state index in [1.807, 2.05) is 0 Å². The summed E-state index contributed by atoms with van der Waals surface area (Å²) in [6.07, 6.45) is -3.13. The lowest BCUT2D eigenvalue weighted by Gasteiger charge is -2.12. The minimum Gasteiger partial charge on any atom is -0.383 e. The van der Waals surface area contributed by atoms with Crippen LogP contribution in [0.15, 0.2) is 12.3 Å². The summed E-state index contributed by atoms with van der Waals surface area (Å²) >= 11 is 11.6. The van der Waals surface area contributed by atoms with Crippen molar-refractivity contribution >= 4 is 29.0 Å². The van der Waals surface area contributed by atoms with Gasteiger partial charge in [-0.15, -0.1) is 11.6 Å². The highest BCUT2D eigenvalue weighted by atomic mass is 35.5.